The number of nitriles is 1. The van der Waals surface area contributed by atoms with E-state index < -0.39 is 0 Å². The average Bonchev–Trinajstić information content (AvgIpc) is 2.63. The van der Waals surface area contributed by atoms with Gasteiger partial charge in [0.25, 0.3) is 5.91 Å². The predicted molar refractivity (Wildman–Crippen MR) is 99.0 cm³/mol. The third-order valence-electron chi connectivity index (χ3n) is 4.45. The molecule has 2 N–H and O–H groups in total. The van der Waals surface area contributed by atoms with Crippen molar-refractivity contribution in [3.63, 3.8) is 0 Å². The highest BCUT2D eigenvalue weighted by Gasteiger charge is 2.22. The second-order valence-electron chi connectivity index (χ2n) is 6.24. The van der Waals surface area contributed by atoms with E-state index in [0.29, 0.717) is 22.8 Å². The lowest BCUT2D eigenvalue weighted by Gasteiger charge is -2.33. The third-order valence-corrected chi connectivity index (χ3v) is 4.76. The third kappa shape index (κ3) is 4.51. The van der Waals surface area contributed by atoms with Crippen LogP contribution in [0.3, 0.4) is 0 Å². The molecule has 0 radical (unpaired) electrons. The first-order valence-corrected chi connectivity index (χ1v) is 8.76. The molecule has 0 unspecified atom stereocenters. The largest absolute Gasteiger partial charge is 0.360 e. The lowest BCUT2D eigenvalue weighted by Crippen LogP contribution is -3.15. The summed E-state index contributed by atoms with van der Waals surface area (Å²) in [4.78, 5) is 15.6. The Kier molecular flexibility index (Phi) is 5.71. The Balaban J connectivity index is 1.49. The smallest absolute Gasteiger partial charge is 0.279 e. The van der Waals surface area contributed by atoms with Crippen LogP contribution in [0.25, 0.3) is 0 Å². The Hall–Kier alpha value is -2.62. The van der Waals surface area contributed by atoms with Crippen LogP contribution in [-0.2, 0) is 4.79 Å². The van der Waals surface area contributed by atoms with Crippen LogP contribution in [-0.4, -0.2) is 38.6 Å². The number of hydrogen-bond acceptors (Lipinski definition) is 3. The van der Waals surface area contributed by atoms with Crippen LogP contribution >= 0.6 is 11.6 Å². The van der Waals surface area contributed by atoms with Crippen LogP contribution < -0.4 is 15.1 Å². The summed E-state index contributed by atoms with van der Waals surface area (Å²) in [6.07, 6.45) is 0. The Bertz CT molecular complexity index is 826. The highest BCUT2D eigenvalue weighted by molar-refractivity contribution is 6.32. The second kappa shape index (κ2) is 8.17. The maximum absolute atomic E-state index is 13.0. The van der Waals surface area contributed by atoms with Crippen molar-refractivity contribution in [2.24, 2.45) is 0 Å². The summed E-state index contributed by atoms with van der Waals surface area (Å²) in [6, 6.07) is 13.3. The van der Waals surface area contributed by atoms with Crippen molar-refractivity contribution in [1.29, 1.82) is 5.26 Å². The number of rotatable bonds is 4. The molecule has 1 saturated heterocycles. The molecule has 2 aromatic rings. The molecule has 0 aromatic heterocycles. The number of carbonyl (C=O) groups excluding carboxylic acids is 1. The SMILES string of the molecule is N#Cc1ccc(NC(=O)C[NH+]2CCN(c3ccc(F)cc3)CC2)cc1Cl. The summed E-state index contributed by atoms with van der Waals surface area (Å²) in [5.74, 6) is -0.325. The highest BCUT2D eigenvalue weighted by atomic mass is 35.5. The van der Waals surface area contributed by atoms with Crippen LogP contribution in [0.4, 0.5) is 15.8 Å². The maximum atomic E-state index is 13.0. The van der Waals surface area contributed by atoms with Gasteiger partial charge in [-0.2, -0.15) is 5.26 Å². The molecule has 1 aliphatic heterocycles. The van der Waals surface area contributed by atoms with Crippen LogP contribution in [0.5, 0.6) is 0 Å². The number of hydrogen-bond donors (Lipinski definition) is 2. The summed E-state index contributed by atoms with van der Waals surface area (Å²) >= 11 is 5.98. The molecule has 0 aliphatic carbocycles. The van der Waals surface area contributed by atoms with Crippen molar-refractivity contribution in [2.45, 2.75) is 0 Å². The lowest BCUT2D eigenvalue weighted by molar-refractivity contribution is -0.892. The van der Waals surface area contributed by atoms with Crippen molar-refractivity contribution in [3.05, 3.63) is 58.9 Å². The number of quaternary nitrogens is 1. The molecule has 0 saturated carbocycles. The summed E-state index contributed by atoms with van der Waals surface area (Å²) < 4.78 is 13.0. The molecule has 5 nitrogen and oxygen atoms in total. The minimum absolute atomic E-state index is 0.0870. The molecule has 26 heavy (non-hydrogen) atoms. The van der Waals surface area contributed by atoms with E-state index in [-0.39, 0.29) is 11.7 Å². The average molecular weight is 374 g/mol. The standard InChI is InChI=1S/C19H18ClFN4O/c20-18-11-16(4-1-14(18)12-22)23-19(26)13-24-7-9-25(10-8-24)17-5-2-15(21)3-6-17/h1-6,11H,7-10,13H2,(H,23,26)/p+1. The van der Waals surface area contributed by atoms with E-state index in [1.54, 1.807) is 30.3 Å². The zero-order valence-corrected chi connectivity index (χ0v) is 14.9. The first-order chi connectivity index (χ1) is 12.5. The molecule has 2 aromatic carbocycles. The summed E-state index contributed by atoms with van der Waals surface area (Å²) in [5.41, 5.74) is 1.97. The molecule has 7 heteroatoms. The number of nitrogens with one attached hydrogen (secondary N) is 2. The zero-order chi connectivity index (χ0) is 18.5. The minimum atomic E-state index is -0.238. The van der Waals surface area contributed by atoms with Gasteiger partial charge in [-0.05, 0) is 42.5 Å². The number of piperazine rings is 1. The van der Waals surface area contributed by atoms with Crippen molar-refractivity contribution in [2.75, 3.05) is 42.9 Å². The van der Waals surface area contributed by atoms with E-state index in [0.717, 1.165) is 31.9 Å². The molecule has 134 valence electrons. The van der Waals surface area contributed by atoms with Gasteiger partial charge in [0.2, 0.25) is 0 Å². The fourth-order valence-electron chi connectivity index (χ4n) is 3.03. The predicted octanol–water partition coefficient (Wildman–Crippen LogP) is 1.69. The normalized spacial score (nSPS) is 14.7. The number of halogens is 2. The van der Waals surface area contributed by atoms with E-state index in [1.807, 2.05) is 6.07 Å². The first kappa shape index (κ1) is 18.2. The number of nitrogens with zero attached hydrogens (tertiary/aromatic N) is 2. The Morgan fingerprint density at radius 3 is 2.54 bits per heavy atom. The number of amides is 1. The highest BCUT2D eigenvalue weighted by Crippen LogP contribution is 2.20. The van der Waals surface area contributed by atoms with Crippen molar-refractivity contribution >= 4 is 28.9 Å². The quantitative estimate of drug-likeness (QED) is 0.857. The van der Waals surface area contributed by atoms with Gasteiger partial charge in [0.05, 0.1) is 36.8 Å². The van der Waals surface area contributed by atoms with Gasteiger partial charge in [0.1, 0.15) is 11.9 Å². The molecular formula is C19H19ClFN4O+. The molecule has 1 amide bonds. The molecular weight excluding hydrogens is 355 g/mol. The van der Waals surface area contributed by atoms with Crippen molar-refractivity contribution in [3.8, 4) is 6.07 Å². The topological polar surface area (TPSA) is 60.6 Å². The van der Waals surface area contributed by atoms with E-state index in [1.165, 1.54) is 17.0 Å². The van der Waals surface area contributed by atoms with Crippen LogP contribution in [0.2, 0.25) is 5.02 Å². The van der Waals surface area contributed by atoms with Gasteiger partial charge in [0, 0.05) is 11.4 Å². The molecule has 0 atom stereocenters. The van der Waals surface area contributed by atoms with E-state index >= 15 is 0 Å². The lowest BCUT2D eigenvalue weighted by atomic mass is 10.2. The second-order valence-corrected chi connectivity index (χ2v) is 6.65. The molecule has 1 fully saturated rings. The molecule has 0 spiro atoms. The fraction of sp³-hybridized carbons (Fsp3) is 0.263. The van der Waals surface area contributed by atoms with Crippen LogP contribution in [0, 0.1) is 17.1 Å². The van der Waals surface area contributed by atoms with E-state index in [2.05, 4.69) is 10.2 Å². The van der Waals surface area contributed by atoms with Gasteiger partial charge >= 0.3 is 0 Å². The Morgan fingerprint density at radius 2 is 1.92 bits per heavy atom. The van der Waals surface area contributed by atoms with E-state index in [9.17, 15) is 9.18 Å². The zero-order valence-electron chi connectivity index (χ0n) is 14.1. The number of anilines is 2. The summed E-state index contributed by atoms with van der Waals surface area (Å²) in [5, 5.41) is 12.0. The molecule has 3 rings (SSSR count). The monoisotopic (exact) mass is 373 g/mol. The van der Waals surface area contributed by atoms with Crippen molar-refractivity contribution < 1.29 is 14.1 Å². The van der Waals surface area contributed by atoms with Gasteiger partial charge in [-0.15, -0.1) is 0 Å². The summed E-state index contributed by atoms with van der Waals surface area (Å²) in [6.45, 7) is 3.67. The van der Waals surface area contributed by atoms with E-state index in [4.69, 9.17) is 16.9 Å². The maximum Gasteiger partial charge on any atom is 0.279 e. The Labute approximate surface area is 156 Å². The Morgan fingerprint density at radius 1 is 1.23 bits per heavy atom. The van der Waals surface area contributed by atoms with Crippen molar-refractivity contribution in [1.82, 2.24) is 0 Å². The number of benzene rings is 2. The number of carbonyl (C=O) groups is 1. The van der Waals surface area contributed by atoms with Gasteiger partial charge < -0.3 is 15.1 Å². The van der Waals surface area contributed by atoms with Gasteiger partial charge in [0.15, 0.2) is 6.54 Å². The molecule has 1 aliphatic rings. The van der Waals surface area contributed by atoms with Gasteiger partial charge in [-0.1, -0.05) is 11.6 Å². The first-order valence-electron chi connectivity index (χ1n) is 8.39. The summed E-state index contributed by atoms with van der Waals surface area (Å²) in [7, 11) is 0. The van der Waals surface area contributed by atoms with Crippen LogP contribution in [0.1, 0.15) is 5.56 Å². The fourth-order valence-corrected chi connectivity index (χ4v) is 3.25. The van der Waals surface area contributed by atoms with Crippen LogP contribution in [0.15, 0.2) is 42.5 Å². The van der Waals surface area contributed by atoms with Gasteiger partial charge in [-0.25, -0.2) is 4.39 Å². The molecule has 0 bridgehead atoms. The minimum Gasteiger partial charge on any atom is -0.360 e. The molecule has 1 heterocycles. The van der Waals surface area contributed by atoms with Gasteiger partial charge in [-0.3, -0.25) is 4.79 Å².